The molecule has 0 atom stereocenters. The van der Waals surface area contributed by atoms with Crippen molar-refractivity contribution in [2.75, 3.05) is 6.61 Å². The van der Waals surface area contributed by atoms with Crippen LogP contribution in [0.2, 0.25) is 5.02 Å². The minimum absolute atomic E-state index is 0.0799. The van der Waals surface area contributed by atoms with Crippen molar-refractivity contribution in [3.8, 4) is 0 Å². The summed E-state index contributed by atoms with van der Waals surface area (Å²) in [5, 5.41) is 0.159. The molecule has 1 aromatic rings. The average molecular weight is 339 g/mol. The molecular formula is C13H16Cl2O4S. The molecule has 0 aliphatic rings. The zero-order valence-electron chi connectivity index (χ0n) is 11.3. The molecule has 0 unspecified atom stereocenters. The van der Waals surface area contributed by atoms with Gasteiger partial charge in [0.1, 0.15) is 0 Å². The molecule has 0 saturated carbocycles. The SMILES string of the molecule is CCCCCOC(=O)c1cc(Cl)c(C)c(S(=O)(=O)Cl)c1. The Morgan fingerprint density at radius 3 is 2.50 bits per heavy atom. The van der Waals surface area contributed by atoms with Crippen LogP contribution in [-0.2, 0) is 13.8 Å². The van der Waals surface area contributed by atoms with E-state index in [4.69, 9.17) is 27.0 Å². The van der Waals surface area contributed by atoms with Crippen molar-refractivity contribution in [2.24, 2.45) is 0 Å². The quantitative estimate of drug-likeness (QED) is 0.448. The maximum Gasteiger partial charge on any atom is 0.338 e. The smallest absolute Gasteiger partial charge is 0.338 e. The second-order valence-corrected chi connectivity index (χ2v) is 7.30. The molecule has 0 saturated heterocycles. The van der Waals surface area contributed by atoms with Crippen LogP contribution in [0.3, 0.4) is 0 Å². The highest BCUT2D eigenvalue weighted by Crippen LogP contribution is 2.28. The zero-order chi connectivity index (χ0) is 15.3. The third-order valence-electron chi connectivity index (χ3n) is 2.78. The number of unbranched alkanes of at least 4 members (excludes halogenated alkanes) is 2. The van der Waals surface area contributed by atoms with Crippen LogP contribution in [0.1, 0.15) is 42.1 Å². The van der Waals surface area contributed by atoms with E-state index in [0.29, 0.717) is 12.2 Å². The monoisotopic (exact) mass is 338 g/mol. The van der Waals surface area contributed by atoms with Crippen molar-refractivity contribution in [3.63, 3.8) is 0 Å². The summed E-state index contributed by atoms with van der Waals surface area (Å²) in [7, 11) is 1.36. The number of carbonyl (C=O) groups excluding carboxylic acids is 1. The largest absolute Gasteiger partial charge is 0.462 e. The number of benzene rings is 1. The second kappa shape index (κ2) is 7.29. The Hall–Kier alpha value is -0.780. The van der Waals surface area contributed by atoms with Crippen LogP contribution in [0.25, 0.3) is 0 Å². The summed E-state index contributed by atoms with van der Waals surface area (Å²) in [5.41, 5.74) is 0.389. The van der Waals surface area contributed by atoms with Gasteiger partial charge >= 0.3 is 5.97 Å². The van der Waals surface area contributed by atoms with Crippen LogP contribution in [0, 0.1) is 6.92 Å². The molecular weight excluding hydrogens is 323 g/mol. The molecule has 0 amide bonds. The summed E-state index contributed by atoms with van der Waals surface area (Å²) in [5.74, 6) is -0.607. The molecule has 1 aromatic carbocycles. The van der Waals surface area contributed by atoms with E-state index in [1.165, 1.54) is 19.1 Å². The Kier molecular flexibility index (Phi) is 6.30. The summed E-state index contributed by atoms with van der Waals surface area (Å²) >= 11 is 5.92. The molecule has 7 heteroatoms. The summed E-state index contributed by atoms with van der Waals surface area (Å²) in [4.78, 5) is 11.7. The first-order chi connectivity index (χ1) is 9.27. The van der Waals surface area contributed by atoms with Crippen LogP contribution in [0.5, 0.6) is 0 Å². The average Bonchev–Trinajstić information content (AvgIpc) is 2.36. The van der Waals surface area contributed by atoms with Crippen molar-refractivity contribution >= 4 is 37.3 Å². The Bertz CT molecular complexity index is 597. The third-order valence-corrected chi connectivity index (χ3v) is 4.62. The molecule has 0 bridgehead atoms. The Morgan fingerprint density at radius 1 is 1.30 bits per heavy atom. The molecule has 0 aliphatic carbocycles. The van der Waals surface area contributed by atoms with E-state index < -0.39 is 15.0 Å². The highest BCUT2D eigenvalue weighted by atomic mass is 35.7. The fourth-order valence-corrected chi connectivity index (χ4v) is 3.12. The van der Waals surface area contributed by atoms with E-state index in [2.05, 4.69) is 0 Å². The molecule has 20 heavy (non-hydrogen) atoms. The lowest BCUT2D eigenvalue weighted by atomic mass is 10.1. The number of halogens is 2. The molecule has 0 aromatic heterocycles. The lowest BCUT2D eigenvalue weighted by Crippen LogP contribution is -2.08. The van der Waals surface area contributed by atoms with Crippen LogP contribution >= 0.6 is 22.3 Å². The van der Waals surface area contributed by atoms with Gasteiger partial charge in [-0.3, -0.25) is 0 Å². The fraction of sp³-hybridized carbons (Fsp3) is 0.462. The lowest BCUT2D eigenvalue weighted by Gasteiger charge is -2.09. The molecule has 0 radical (unpaired) electrons. The van der Waals surface area contributed by atoms with Gasteiger partial charge in [0.15, 0.2) is 0 Å². The van der Waals surface area contributed by atoms with E-state index >= 15 is 0 Å². The maximum absolute atomic E-state index is 11.8. The predicted octanol–water partition coefficient (Wildman–Crippen LogP) is 3.92. The maximum atomic E-state index is 11.8. The molecule has 0 heterocycles. The molecule has 1 rings (SSSR count). The number of carbonyl (C=O) groups is 1. The molecule has 0 fully saturated rings. The van der Waals surface area contributed by atoms with Gasteiger partial charge in [-0.1, -0.05) is 31.4 Å². The first-order valence-corrected chi connectivity index (χ1v) is 8.88. The molecule has 0 N–H and O–H groups in total. The Balaban J connectivity index is 2.97. The van der Waals surface area contributed by atoms with Crippen LogP contribution in [0.4, 0.5) is 0 Å². The summed E-state index contributed by atoms with van der Waals surface area (Å²) in [6.07, 6.45) is 2.74. The van der Waals surface area contributed by atoms with Crippen molar-refractivity contribution in [1.82, 2.24) is 0 Å². The van der Waals surface area contributed by atoms with Gasteiger partial charge in [-0.2, -0.15) is 0 Å². The minimum atomic E-state index is -3.96. The van der Waals surface area contributed by atoms with E-state index in [1.54, 1.807) is 0 Å². The number of hydrogen-bond donors (Lipinski definition) is 0. The van der Waals surface area contributed by atoms with E-state index in [0.717, 1.165) is 19.3 Å². The number of esters is 1. The topological polar surface area (TPSA) is 60.4 Å². The number of ether oxygens (including phenoxy) is 1. The summed E-state index contributed by atoms with van der Waals surface area (Å²) in [6.45, 7) is 3.86. The zero-order valence-corrected chi connectivity index (χ0v) is 13.6. The lowest BCUT2D eigenvalue weighted by molar-refractivity contribution is 0.0498. The molecule has 0 spiro atoms. The second-order valence-electron chi connectivity index (χ2n) is 4.36. The minimum Gasteiger partial charge on any atom is -0.462 e. The van der Waals surface area contributed by atoms with Crippen LogP contribution in [-0.4, -0.2) is 21.0 Å². The summed E-state index contributed by atoms with van der Waals surface area (Å²) < 4.78 is 27.9. The van der Waals surface area contributed by atoms with Gasteiger partial charge in [0.25, 0.3) is 9.05 Å². The van der Waals surface area contributed by atoms with Crippen LogP contribution < -0.4 is 0 Å². The fourth-order valence-electron chi connectivity index (χ4n) is 1.62. The normalized spacial score (nSPS) is 11.4. The van der Waals surface area contributed by atoms with E-state index in [9.17, 15) is 13.2 Å². The number of rotatable bonds is 6. The Labute approximate surface area is 128 Å². The van der Waals surface area contributed by atoms with Gasteiger partial charge in [0.2, 0.25) is 0 Å². The summed E-state index contributed by atoms with van der Waals surface area (Å²) in [6, 6.07) is 2.57. The van der Waals surface area contributed by atoms with Gasteiger partial charge in [0.05, 0.1) is 17.1 Å². The third kappa shape index (κ3) is 4.65. The molecule has 112 valence electrons. The van der Waals surface area contributed by atoms with Crippen LogP contribution in [0.15, 0.2) is 17.0 Å². The molecule has 4 nitrogen and oxygen atoms in total. The first kappa shape index (κ1) is 17.3. The van der Waals surface area contributed by atoms with Gasteiger partial charge in [-0.05, 0) is 31.0 Å². The van der Waals surface area contributed by atoms with Gasteiger partial charge in [-0.25, -0.2) is 13.2 Å². The highest BCUT2D eigenvalue weighted by Gasteiger charge is 2.20. The predicted molar refractivity (Wildman–Crippen MR) is 79.0 cm³/mol. The highest BCUT2D eigenvalue weighted by molar-refractivity contribution is 8.13. The van der Waals surface area contributed by atoms with Crippen molar-refractivity contribution < 1.29 is 17.9 Å². The van der Waals surface area contributed by atoms with Crippen molar-refractivity contribution in [1.29, 1.82) is 0 Å². The van der Waals surface area contributed by atoms with E-state index in [1.807, 2.05) is 6.92 Å². The van der Waals surface area contributed by atoms with Gasteiger partial charge < -0.3 is 4.74 Å². The van der Waals surface area contributed by atoms with Gasteiger partial charge in [0, 0.05) is 15.7 Å². The van der Waals surface area contributed by atoms with Crippen molar-refractivity contribution in [3.05, 3.63) is 28.3 Å². The van der Waals surface area contributed by atoms with Crippen molar-refractivity contribution in [2.45, 2.75) is 38.0 Å². The molecule has 0 aliphatic heterocycles. The van der Waals surface area contributed by atoms with Gasteiger partial charge in [-0.15, -0.1) is 0 Å². The van der Waals surface area contributed by atoms with E-state index in [-0.39, 0.29) is 15.5 Å². The Morgan fingerprint density at radius 2 is 1.95 bits per heavy atom. The number of hydrogen-bond acceptors (Lipinski definition) is 4. The first-order valence-electron chi connectivity index (χ1n) is 6.19. The standard InChI is InChI=1S/C13H16Cl2O4S/c1-3-4-5-6-19-13(16)10-7-11(14)9(2)12(8-10)20(15,17)18/h7-8H,3-6H2,1-2H3.